The predicted molar refractivity (Wildman–Crippen MR) is 130 cm³/mol. The molecule has 0 unspecified atom stereocenters. The SMILES string of the molecule is Cn1ncc(OCC2CC(NC(=O)OC(C)(C)C)C2)c1-c1ccn2nc(NC(=O)C3CC3)cc2c1. The van der Waals surface area contributed by atoms with E-state index in [2.05, 4.69) is 20.8 Å². The number of alkyl carbamates (subject to hydrolysis) is 1. The first-order valence-electron chi connectivity index (χ1n) is 12.1. The number of carbonyl (C=O) groups is 2. The summed E-state index contributed by atoms with van der Waals surface area (Å²) in [5.41, 5.74) is 2.19. The second kappa shape index (κ2) is 8.90. The zero-order valence-corrected chi connectivity index (χ0v) is 20.6. The molecule has 0 radical (unpaired) electrons. The van der Waals surface area contributed by atoms with Crippen LogP contribution in [0.5, 0.6) is 5.75 Å². The number of hydrogen-bond acceptors (Lipinski definition) is 6. The van der Waals surface area contributed by atoms with Crippen LogP contribution in [0.15, 0.2) is 30.6 Å². The van der Waals surface area contributed by atoms with Gasteiger partial charge in [0.25, 0.3) is 0 Å². The molecule has 3 heterocycles. The van der Waals surface area contributed by atoms with Crippen LogP contribution in [0.1, 0.15) is 46.5 Å². The van der Waals surface area contributed by atoms with Crippen LogP contribution in [0.4, 0.5) is 10.6 Å². The first kappa shape index (κ1) is 23.2. The summed E-state index contributed by atoms with van der Waals surface area (Å²) in [5, 5.41) is 14.7. The molecule has 10 heteroatoms. The highest BCUT2D eigenvalue weighted by atomic mass is 16.6. The fraction of sp³-hybridized carbons (Fsp3) is 0.520. The first-order chi connectivity index (χ1) is 16.6. The molecule has 5 rings (SSSR count). The lowest BCUT2D eigenvalue weighted by molar-refractivity contribution is -0.117. The quantitative estimate of drug-likeness (QED) is 0.533. The third-order valence-electron chi connectivity index (χ3n) is 6.27. The lowest BCUT2D eigenvalue weighted by Crippen LogP contribution is -2.47. The summed E-state index contributed by atoms with van der Waals surface area (Å²) in [7, 11) is 1.88. The summed E-state index contributed by atoms with van der Waals surface area (Å²) in [5.74, 6) is 1.79. The molecule has 2 aliphatic rings. The summed E-state index contributed by atoms with van der Waals surface area (Å²) in [6.45, 7) is 6.11. The minimum absolute atomic E-state index is 0.0375. The fourth-order valence-electron chi connectivity index (χ4n) is 4.30. The van der Waals surface area contributed by atoms with E-state index < -0.39 is 5.60 Å². The van der Waals surface area contributed by atoms with E-state index in [1.807, 2.05) is 52.2 Å². The van der Waals surface area contributed by atoms with Crippen molar-refractivity contribution in [3.63, 3.8) is 0 Å². The van der Waals surface area contributed by atoms with Gasteiger partial charge in [-0.1, -0.05) is 0 Å². The molecule has 0 bridgehead atoms. The Labute approximate surface area is 204 Å². The molecule has 10 nitrogen and oxygen atoms in total. The molecule has 35 heavy (non-hydrogen) atoms. The van der Waals surface area contributed by atoms with Crippen LogP contribution in [0.2, 0.25) is 0 Å². The highest BCUT2D eigenvalue weighted by molar-refractivity contribution is 5.93. The summed E-state index contributed by atoms with van der Waals surface area (Å²) in [6, 6.07) is 5.95. The predicted octanol–water partition coefficient (Wildman–Crippen LogP) is 3.77. The van der Waals surface area contributed by atoms with Crippen LogP contribution >= 0.6 is 0 Å². The molecule has 0 aliphatic heterocycles. The Hall–Kier alpha value is -3.56. The van der Waals surface area contributed by atoms with Gasteiger partial charge in [-0.15, -0.1) is 0 Å². The molecule has 3 aromatic heterocycles. The normalized spacial score (nSPS) is 19.8. The third kappa shape index (κ3) is 5.41. The molecule has 2 amide bonds. The van der Waals surface area contributed by atoms with Crippen molar-refractivity contribution in [1.82, 2.24) is 24.7 Å². The number of nitrogens with one attached hydrogen (secondary N) is 2. The van der Waals surface area contributed by atoms with Gasteiger partial charge in [0, 0.05) is 36.8 Å². The number of pyridine rings is 1. The van der Waals surface area contributed by atoms with Gasteiger partial charge >= 0.3 is 6.09 Å². The van der Waals surface area contributed by atoms with Gasteiger partial charge in [-0.05, 0) is 64.5 Å². The van der Waals surface area contributed by atoms with Crippen molar-refractivity contribution in [2.24, 2.45) is 18.9 Å². The van der Waals surface area contributed by atoms with Gasteiger partial charge in [0.2, 0.25) is 5.91 Å². The van der Waals surface area contributed by atoms with Crippen molar-refractivity contribution in [1.29, 1.82) is 0 Å². The molecular formula is C25H32N6O4. The van der Waals surface area contributed by atoms with Gasteiger partial charge in [-0.3, -0.25) is 9.48 Å². The number of rotatable bonds is 7. The van der Waals surface area contributed by atoms with E-state index in [9.17, 15) is 9.59 Å². The maximum Gasteiger partial charge on any atom is 0.407 e. The van der Waals surface area contributed by atoms with E-state index in [0.29, 0.717) is 24.1 Å². The number of aromatic nitrogens is 4. The lowest BCUT2D eigenvalue weighted by Gasteiger charge is -2.35. The zero-order chi connectivity index (χ0) is 24.7. The van der Waals surface area contributed by atoms with E-state index in [1.165, 1.54) is 0 Å². The Balaban J connectivity index is 1.20. The molecule has 3 aromatic rings. The topological polar surface area (TPSA) is 112 Å². The highest BCUT2D eigenvalue weighted by Gasteiger charge is 2.32. The number of hydrogen-bond donors (Lipinski definition) is 2. The molecule has 2 saturated carbocycles. The van der Waals surface area contributed by atoms with Crippen LogP contribution < -0.4 is 15.4 Å². The maximum absolute atomic E-state index is 12.1. The Morgan fingerprint density at radius 2 is 1.97 bits per heavy atom. The van der Waals surface area contributed by atoms with Crippen LogP contribution in [0, 0.1) is 11.8 Å². The van der Waals surface area contributed by atoms with Crippen molar-refractivity contribution >= 4 is 23.3 Å². The van der Waals surface area contributed by atoms with E-state index in [0.717, 1.165) is 42.5 Å². The molecule has 2 N–H and O–H groups in total. The zero-order valence-electron chi connectivity index (χ0n) is 20.6. The molecule has 0 saturated heterocycles. The minimum atomic E-state index is -0.501. The van der Waals surface area contributed by atoms with Gasteiger partial charge in [0.05, 0.1) is 18.3 Å². The largest absolute Gasteiger partial charge is 0.489 e. The summed E-state index contributed by atoms with van der Waals surface area (Å²) in [4.78, 5) is 24.0. The monoisotopic (exact) mass is 480 g/mol. The molecule has 2 aliphatic carbocycles. The van der Waals surface area contributed by atoms with Gasteiger partial charge in [0.15, 0.2) is 11.6 Å². The number of aryl methyl sites for hydroxylation is 1. The third-order valence-corrected chi connectivity index (χ3v) is 6.27. The van der Waals surface area contributed by atoms with E-state index >= 15 is 0 Å². The first-order valence-corrected chi connectivity index (χ1v) is 12.1. The molecule has 0 aromatic carbocycles. The molecule has 2 fully saturated rings. The second-order valence-corrected chi connectivity index (χ2v) is 10.6. The summed E-state index contributed by atoms with van der Waals surface area (Å²) >= 11 is 0. The van der Waals surface area contributed by atoms with Crippen LogP contribution in [0.3, 0.4) is 0 Å². The average Bonchev–Trinajstić information content (AvgIpc) is 3.43. The van der Waals surface area contributed by atoms with Crippen molar-refractivity contribution in [2.45, 2.75) is 58.1 Å². The van der Waals surface area contributed by atoms with E-state index in [4.69, 9.17) is 9.47 Å². The van der Waals surface area contributed by atoms with E-state index in [-0.39, 0.29) is 24.0 Å². The molecule has 0 atom stereocenters. The number of ether oxygens (including phenoxy) is 2. The Morgan fingerprint density at radius 3 is 2.69 bits per heavy atom. The Morgan fingerprint density at radius 1 is 1.20 bits per heavy atom. The van der Waals surface area contributed by atoms with Crippen molar-refractivity contribution in [2.75, 3.05) is 11.9 Å². The van der Waals surface area contributed by atoms with E-state index in [1.54, 1.807) is 15.4 Å². The minimum Gasteiger partial charge on any atom is -0.489 e. The highest BCUT2D eigenvalue weighted by Crippen LogP contribution is 2.34. The lowest BCUT2D eigenvalue weighted by atomic mass is 9.81. The average molecular weight is 481 g/mol. The Bertz CT molecular complexity index is 1250. The summed E-state index contributed by atoms with van der Waals surface area (Å²) < 4.78 is 15.0. The van der Waals surface area contributed by atoms with Gasteiger partial charge in [-0.2, -0.15) is 10.2 Å². The fourth-order valence-corrected chi connectivity index (χ4v) is 4.30. The number of fused-ring (bicyclic) bond motifs is 1. The number of anilines is 1. The van der Waals surface area contributed by atoms with Crippen molar-refractivity contribution < 1.29 is 19.1 Å². The van der Waals surface area contributed by atoms with Crippen LogP contribution in [-0.2, 0) is 16.6 Å². The molecular weight excluding hydrogens is 448 g/mol. The van der Waals surface area contributed by atoms with Gasteiger partial charge in [0.1, 0.15) is 11.3 Å². The van der Waals surface area contributed by atoms with Crippen molar-refractivity contribution in [3.05, 3.63) is 30.6 Å². The molecule has 186 valence electrons. The molecule has 0 spiro atoms. The van der Waals surface area contributed by atoms with Crippen LogP contribution in [0.25, 0.3) is 16.8 Å². The number of amides is 2. The summed E-state index contributed by atoms with van der Waals surface area (Å²) in [6.07, 6.45) is 6.84. The smallest absolute Gasteiger partial charge is 0.407 e. The van der Waals surface area contributed by atoms with Gasteiger partial charge < -0.3 is 20.1 Å². The van der Waals surface area contributed by atoms with Crippen molar-refractivity contribution in [3.8, 4) is 17.0 Å². The van der Waals surface area contributed by atoms with Crippen LogP contribution in [-0.4, -0.2) is 49.6 Å². The second-order valence-electron chi connectivity index (χ2n) is 10.6. The standard InChI is InChI=1S/C25H32N6O4/c1-25(2,3)35-24(33)27-18-9-15(10-18)14-34-20-13-26-30(4)22(20)17-7-8-31-19(11-17)12-21(29-31)28-23(32)16-5-6-16/h7-8,11-13,15-16,18H,5-6,9-10,14H2,1-4H3,(H,27,33)(H,28,29,32). The number of carbonyl (C=O) groups excluding carboxylic acids is 2. The number of nitrogens with zero attached hydrogens (tertiary/aromatic N) is 4. The van der Waals surface area contributed by atoms with Gasteiger partial charge in [-0.25, -0.2) is 9.31 Å². The Kier molecular flexibility index (Phi) is 5.90. The maximum atomic E-state index is 12.1.